The Labute approximate surface area is 98.7 Å². The van der Waals surface area contributed by atoms with Gasteiger partial charge >= 0.3 is 0 Å². The highest BCUT2D eigenvalue weighted by atomic mass is 16.3. The molecule has 0 saturated carbocycles. The summed E-state index contributed by atoms with van der Waals surface area (Å²) in [6, 6.07) is 5.15. The summed E-state index contributed by atoms with van der Waals surface area (Å²) < 4.78 is 5.38. The average molecular weight is 233 g/mol. The number of aromatic hydroxyl groups is 1. The number of aliphatic hydroxyl groups excluding tert-OH is 1. The smallest absolute Gasteiger partial charge is 0.215 e. The fourth-order valence-electron chi connectivity index (χ4n) is 1.85. The third kappa shape index (κ3) is 2.17. The van der Waals surface area contributed by atoms with Gasteiger partial charge in [0.25, 0.3) is 0 Å². The molecule has 0 aliphatic rings. The lowest BCUT2D eigenvalue weighted by atomic mass is 10.1. The molecule has 0 amide bonds. The van der Waals surface area contributed by atoms with Crippen LogP contribution in [-0.4, -0.2) is 16.8 Å². The second-order valence-corrected chi connectivity index (χ2v) is 3.95. The molecule has 0 unspecified atom stereocenters. The van der Waals surface area contributed by atoms with E-state index in [2.05, 4.69) is 0 Å². The third-order valence-corrected chi connectivity index (χ3v) is 2.78. The van der Waals surface area contributed by atoms with Crippen LogP contribution in [0.4, 0.5) is 0 Å². The van der Waals surface area contributed by atoms with Crippen LogP contribution >= 0.6 is 0 Å². The summed E-state index contributed by atoms with van der Waals surface area (Å²) in [5.41, 5.74) is 2.17. The van der Waals surface area contributed by atoms with Crippen LogP contribution < -0.4 is 5.55 Å². The average Bonchev–Trinajstić information content (AvgIpc) is 2.28. The van der Waals surface area contributed by atoms with Crippen molar-refractivity contribution < 1.29 is 14.6 Å². The maximum absolute atomic E-state index is 9.89. The first-order valence-electron chi connectivity index (χ1n) is 5.59. The normalized spacial score (nSPS) is 10.9. The highest BCUT2D eigenvalue weighted by molar-refractivity contribution is 5.84. The largest absolute Gasteiger partial charge is 0.507 e. The first kappa shape index (κ1) is 11.7. The predicted molar refractivity (Wildman–Crippen MR) is 63.9 cm³/mol. The molecule has 17 heavy (non-hydrogen) atoms. The van der Waals surface area contributed by atoms with Gasteiger partial charge in [0.2, 0.25) is 5.55 Å². The number of benzene rings is 1. The minimum Gasteiger partial charge on any atom is -0.507 e. The summed E-state index contributed by atoms with van der Waals surface area (Å²) in [6.45, 7) is 1.96. The highest BCUT2D eigenvalue weighted by Crippen LogP contribution is 2.26. The number of hydrogen-bond donors (Lipinski definition) is 3. The molecule has 0 fully saturated rings. The number of phenols is 1. The van der Waals surface area contributed by atoms with Gasteiger partial charge in [-0.25, -0.2) is 0 Å². The van der Waals surface area contributed by atoms with Gasteiger partial charge in [0, 0.05) is 12.2 Å². The Morgan fingerprint density at radius 3 is 2.71 bits per heavy atom. The summed E-state index contributed by atoms with van der Waals surface area (Å²) in [4.78, 5) is 0. The molecule has 0 saturated heterocycles. The van der Waals surface area contributed by atoms with Crippen LogP contribution in [0.1, 0.15) is 18.1 Å². The molecule has 2 aromatic rings. The van der Waals surface area contributed by atoms with Gasteiger partial charge in [-0.15, -0.1) is 0 Å². The van der Waals surface area contributed by atoms with Crippen molar-refractivity contribution in [2.45, 2.75) is 19.8 Å². The zero-order valence-corrected chi connectivity index (χ0v) is 9.66. The summed E-state index contributed by atoms with van der Waals surface area (Å²) in [6.07, 6.45) is 1.15. The molecule has 0 aliphatic carbocycles. The fraction of sp³-hybridized carbons (Fsp3) is 0.308. The van der Waals surface area contributed by atoms with E-state index in [1.54, 1.807) is 18.2 Å². The number of hydrogen-bond acceptors (Lipinski definition) is 4. The molecule has 0 aliphatic heterocycles. The monoisotopic (exact) mass is 233 g/mol. The molecular weight excluding hydrogens is 218 g/mol. The molecule has 0 spiro atoms. The van der Waals surface area contributed by atoms with Crippen LogP contribution in [0.2, 0.25) is 0 Å². The molecule has 0 atom stereocenters. The zero-order chi connectivity index (χ0) is 12.4. The lowest BCUT2D eigenvalue weighted by molar-refractivity contribution is 0.299. The fourth-order valence-corrected chi connectivity index (χ4v) is 1.85. The topological polar surface area (TPSA) is 77.5 Å². The molecule has 2 rings (SSSR count). The van der Waals surface area contributed by atoms with E-state index in [-0.39, 0.29) is 17.9 Å². The number of aryl methyl sites for hydroxylation is 1. The molecule has 1 aromatic heterocycles. The summed E-state index contributed by atoms with van der Waals surface area (Å²) in [5.74, 6) is 0.129. The van der Waals surface area contributed by atoms with Gasteiger partial charge in [-0.3, -0.25) is 5.41 Å². The molecule has 90 valence electrons. The van der Waals surface area contributed by atoms with Gasteiger partial charge in [0.1, 0.15) is 11.3 Å². The zero-order valence-electron chi connectivity index (χ0n) is 9.66. The third-order valence-electron chi connectivity index (χ3n) is 2.78. The van der Waals surface area contributed by atoms with E-state index in [1.807, 2.05) is 6.92 Å². The first-order chi connectivity index (χ1) is 8.15. The van der Waals surface area contributed by atoms with E-state index in [4.69, 9.17) is 14.9 Å². The van der Waals surface area contributed by atoms with Crippen LogP contribution in [0.3, 0.4) is 0 Å². The van der Waals surface area contributed by atoms with Crippen molar-refractivity contribution in [2.75, 3.05) is 6.61 Å². The standard InChI is InChI=1S/C13H15NO3/c1-2-9-7-10-11(16)5-8(3-4-15)6-12(10)17-13(9)14/h5-7,14-16H,2-4H2,1H3. The van der Waals surface area contributed by atoms with Crippen molar-refractivity contribution in [3.8, 4) is 5.75 Å². The predicted octanol–water partition coefficient (Wildman–Crippen LogP) is 1.72. The van der Waals surface area contributed by atoms with Crippen molar-refractivity contribution in [1.29, 1.82) is 5.41 Å². The van der Waals surface area contributed by atoms with Crippen LogP contribution in [-0.2, 0) is 12.8 Å². The van der Waals surface area contributed by atoms with Gasteiger partial charge in [-0.05, 0) is 36.6 Å². The van der Waals surface area contributed by atoms with E-state index in [1.165, 1.54) is 0 Å². The lowest BCUT2D eigenvalue weighted by Crippen LogP contribution is -2.06. The van der Waals surface area contributed by atoms with E-state index in [0.29, 0.717) is 23.8 Å². The van der Waals surface area contributed by atoms with E-state index in [9.17, 15) is 5.11 Å². The molecule has 0 bridgehead atoms. The highest BCUT2D eigenvalue weighted by Gasteiger charge is 2.07. The summed E-state index contributed by atoms with van der Waals surface area (Å²) >= 11 is 0. The van der Waals surface area contributed by atoms with Crippen molar-refractivity contribution >= 4 is 11.0 Å². The van der Waals surface area contributed by atoms with Crippen LogP contribution in [0.25, 0.3) is 11.0 Å². The molecule has 1 heterocycles. The number of rotatable bonds is 3. The van der Waals surface area contributed by atoms with Crippen molar-refractivity contribution in [2.24, 2.45) is 0 Å². The van der Waals surface area contributed by atoms with Crippen molar-refractivity contribution in [3.05, 3.63) is 34.9 Å². The first-order valence-corrected chi connectivity index (χ1v) is 5.59. The minimum atomic E-state index is 0.0196. The van der Waals surface area contributed by atoms with E-state index in [0.717, 1.165) is 11.1 Å². The lowest BCUT2D eigenvalue weighted by Gasteiger charge is -2.06. The molecule has 0 radical (unpaired) electrons. The Kier molecular flexibility index (Phi) is 3.15. The van der Waals surface area contributed by atoms with Gasteiger partial charge in [-0.1, -0.05) is 6.92 Å². The number of fused-ring (bicyclic) bond motifs is 1. The van der Waals surface area contributed by atoms with E-state index >= 15 is 0 Å². The Bertz CT molecular complexity index is 601. The van der Waals surface area contributed by atoms with Gasteiger partial charge in [0.05, 0.1) is 5.39 Å². The number of aliphatic hydroxyl groups is 1. The molecule has 4 nitrogen and oxygen atoms in total. The quantitative estimate of drug-likeness (QED) is 0.755. The maximum atomic E-state index is 9.89. The van der Waals surface area contributed by atoms with Crippen molar-refractivity contribution in [3.63, 3.8) is 0 Å². The minimum absolute atomic E-state index is 0.0196. The van der Waals surface area contributed by atoms with Crippen LogP contribution in [0.15, 0.2) is 22.6 Å². The number of nitrogens with one attached hydrogen (secondary N) is 1. The second-order valence-electron chi connectivity index (χ2n) is 3.95. The van der Waals surface area contributed by atoms with E-state index < -0.39 is 0 Å². The Balaban J connectivity index is 2.69. The Morgan fingerprint density at radius 2 is 2.06 bits per heavy atom. The summed E-state index contributed by atoms with van der Waals surface area (Å²) in [7, 11) is 0. The van der Waals surface area contributed by atoms with Crippen molar-refractivity contribution in [1.82, 2.24) is 0 Å². The summed E-state index contributed by atoms with van der Waals surface area (Å²) in [5, 5.41) is 27.1. The molecular formula is C13H15NO3. The van der Waals surface area contributed by atoms with Gasteiger partial charge in [0.15, 0.2) is 0 Å². The Morgan fingerprint density at radius 1 is 1.29 bits per heavy atom. The van der Waals surface area contributed by atoms with Crippen LogP contribution in [0.5, 0.6) is 5.75 Å². The van der Waals surface area contributed by atoms with Gasteiger partial charge < -0.3 is 14.6 Å². The SMILES string of the molecule is CCc1cc2c(O)cc(CCO)cc2oc1=N. The van der Waals surface area contributed by atoms with Crippen LogP contribution in [0, 0.1) is 5.41 Å². The molecule has 3 N–H and O–H groups in total. The second kappa shape index (κ2) is 4.59. The van der Waals surface area contributed by atoms with Gasteiger partial charge in [-0.2, -0.15) is 0 Å². The molecule has 1 aromatic carbocycles. The molecule has 4 heteroatoms. The maximum Gasteiger partial charge on any atom is 0.215 e. The Hall–Kier alpha value is -1.81. The number of phenolic OH excluding ortho intramolecular Hbond substituents is 1.